The average molecular weight is 179 g/mol. The van der Waals surface area contributed by atoms with Crippen molar-refractivity contribution in [1.29, 1.82) is 5.26 Å². The fourth-order valence-electron chi connectivity index (χ4n) is 1.50. The Morgan fingerprint density at radius 2 is 2.50 bits per heavy atom. The van der Waals surface area contributed by atoms with Crippen molar-refractivity contribution in [3.05, 3.63) is 17.0 Å². The molecule has 0 fully saturated rings. The largest absolute Gasteiger partial charge is 0.271 e. The van der Waals surface area contributed by atoms with Crippen LogP contribution in [0.3, 0.4) is 0 Å². The van der Waals surface area contributed by atoms with Gasteiger partial charge in [0.25, 0.3) is 0 Å². The van der Waals surface area contributed by atoms with E-state index in [0.29, 0.717) is 5.69 Å². The van der Waals surface area contributed by atoms with E-state index in [1.165, 1.54) is 5.69 Å². The highest BCUT2D eigenvalue weighted by atomic mass is 32.2. The summed E-state index contributed by atoms with van der Waals surface area (Å²) in [6.07, 6.45) is 1.05. The molecule has 0 atom stereocenters. The van der Waals surface area contributed by atoms with Gasteiger partial charge in [-0.1, -0.05) is 0 Å². The van der Waals surface area contributed by atoms with Crippen LogP contribution in [-0.2, 0) is 19.2 Å². The van der Waals surface area contributed by atoms with Crippen molar-refractivity contribution >= 4 is 11.8 Å². The minimum Gasteiger partial charge on any atom is -0.271 e. The topological polar surface area (TPSA) is 41.6 Å². The lowest BCUT2D eigenvalue weighted by atomic mass is 10.2. The molecule has 0 saturated carbocycles. The van der Waals surface area contributed by atoms with Crippen LogP contribution >= 0.6 is 11.8 Å². The van der Waals surface area contributed by atoms with Gasteiger partial charge in [0.1, 0.15) is 6.07 Å². The minimum atomic E-state index is 0.611. The molecular weight excluding hydrogens is 170 g/mol. The zero-order valence-electron chi connectivity index (χ0n) is 6.87. The van der Waals surface area contributed by atoms with Gasteiger partial charge >= 0.3 is 0 Å². The van der Waals surface area contributed by atoms with Crippen molar-refractivity contribution in [2.75, 3.05) is 5.75 Å². The zero-order valence-corrected chi connectivity index (χ0v) is 7.69. The first-order valence-corrected chi connectivity index (χ1v) is 5.01. The van der Waals surface area contributed by atoms with Crippen molar-refractivity contribution in [1.82, 2.24) is 9.78 Å². The number of hydrogen-bond acceptors (Lipinski definition) is 3. The monoisotopic (exact) mass is 179 g/mol. The molecule has 0 bridgehead atoms. The predicted molar refractivity (Wildman–Crippen MR) is 47.8 cm³/mol. The molecule has 4 heteroatoms. The summed E-state index contributed by atoms with van der Waals surface area (Å²) in [6.45, 7) is 0. The molecule has 2 heterocycles. The first kappa shape index (κ1) is 7.69. The van der Waals surface area contributed by atoms with Gasteiger partial charge in [-0.05, 0) is 12.2 Å². The Labute approximate surface area is 75.4 Å². The van der Waals surface area contributed by atoms with Crippen LogP contribution in [-0.4, -0.2) is 15.5 Å². The van der Waals surface area contributed by atoms with Crippen molar-refractivity contribution in [2.24, 2.45) is 7.05 Å². The number of nitriles is 1. The maximum absolute atomic E-state index is 8.77. The van der Waals surface area contributed by atoms with Gasteiger partial charge in [0.05, 0.1) is 0 Å². The van der Waals surface area contributed by atoms with Gasteiger partial charge in [-0.2, -0.15) is 22.1 Å². The van der Waals surface area contributed by atoms with Crippen molar-refractivity contribution in [3.8, 4) is 6.07 Å². The molecule has 1 aromatic rings. The van der Waals surface area contributed by atoms with Gasteiger partial charge in [0.2, 0.25) is 0 Å². The molecule has 0 spiro atoms. The molecule has 0 radical (unpaired) electrons. The van der Waals surface area contributed by atoms with Crippen molar-refractivity contribution < 1.29 is 0 Å². The van der Waals surface area contributed by atoms with Crippen molar-refractivity contribution in [3.63, 3.8) is 0 Å². The lowest BCUT2D eigenvalue weighted by molar-refractivity contribution is 0.713. The lowest BCUT2D eigenvalue weighted by Crippen LogP contribution is -2.05. The summed E-state index contributed by atoms with van der Waals surface area (Å²) in [5.74, 6) is 2.10. The fourth-order valence-corrected chi connectivity index (χ4v) is 2.49. The molecule has 1 aromatic heterocycles. The van der Waals surface area contributed by atoms with Crippen LogP contribution in [0.2, 0.25) is 0 Å². The summed E-state index contributed by atoms with van der Waals surface area (Å²) in [7, 11) is 1.91. The second kappa shape index (κ2) is 2.83. The van der Waals surface area contributed by atoms with Gasteiger partial charge in [-0.25, -0.2) is 0 Å². The van der Waals surface area contributed by atoms with Crippen LogP contribution < -0.4 is 0 Å². The Bertz CT molecular complexity index is 348. The predicted octanol–water partition coefficient (Wildman–Crippen LogP) is 1.08. The molecule has 0 saturated heterocycles. The van der Waals surface area contributed by atoms with Crippen LogP contribution in [0.4, 0.5) is 0 Å². The number of aryl methyl sites for hydroxylation is 1. The number of aromatic nitrogens is 2. The number of nitrogens with zero attached hydrogens (tertiary/aromatic N) is 3. The van der Waals surface area contributed by atoms with Crippen LogP contribution in [0, 0.1) is 11.3 Å². The zero-order chi connectivity index (χ0) is 8.55. The second-order valence-corrected chi connectivity index (χ2v) is 3.92. The van der Waals surface area contributed by atoms with E-state index in [1.807, 2.05) is 23.5 Å². The standard InChI is InChI=1S/C8H9N3S/c1-11-8-2-3-12-5-6(8)7(4-9)10-11/h2-3,5H2,1H3. The van der Waals surface area contributed by atoms with Gasteiger partial charge in [-0.15, -0.1) is 0 Å². The van der Waals surface area contributed by atoms with Crippen LogP contribution in [0.15, 0.2) is 0 Å². The van der Waals surface area contributed by atoms with E-state index in [-0.39, 0.29) is 0 Å². The quantitative estimate of drug-likeness (QED) is 0.598. The number of hydrogen-bond donors (Lipinski definition) is 0. The van der Waals surface area contributed by atoms with E-state index in [0.717, 1.165) is 23.5 Å². The maximum atomic E-state index is 8.77. The van der Waals surface area contributed by atoms with Gasteiger partial charge in [-0.3, -0.25) is 4.68 Å². The highest BCUT2D eigenvalue weighted by molar-refractivity contribution is 7.98. The summed E-state index contributed by atoms with van der Waals surface area (Å²) in [4.78, 5) is 0. The lowest BCUT2D eigenvalue weighted by Gasteiger charge is -2.10. The highest BCUT2D eigenvalue weighted by Gasteiger charge is 2.18. The molecule has 0 unspecified atom stereocenters. The summed E-state index contributed by atoms with van der Waals surface area (Å²) >= 11 is 1.88. The van der Waals surface area contributed by atoms with Gasteiger partial charge in [0, 0.05) is 24.1 Å². The van der Waals surface area contributed by atoms with E-state index < -0.39 is 0 Å². The third-order valence-electron chi connectivity index (χ3n) is 2.11. The van der Waals surface area contributed by atoms with E-state index in [9.17, 15) is 0 Å². The molecule has 2 rings (SSSR count). The highest BCUT2D eigenvalue weighted by Crippen LogP contribution is 2.26. The van der Waals surface area contributed by atoms with E-state index in [4.69, 9.17) is 5.26 Å². The maximum Gasteiger partial charge on any atom is 0.166 e. The Morgan fingerprint density at radius 1 is 1.67 bits per heavy atom. The number of thioether (sulfide) groups is 1. The molecule has 1 aliphatic heterocycles. The smallest absolute Gasteiger partial charge is 0.166 e. The molecular formula is C8H9N3S. The Hall–Kier alpha value is -0.950. The molecule has 1 aliphatic rings. The molecule has 62 valence electrons. The second-order valence-electron chi connectivity index (χ2n) is 2.81. The van der Waals surface area contributed by atoms with Crippen molar-refractivity contribution in [2.45, 2.75) is 12.2 Å². The molecule has 0 aliphatic carbocycles. The van der Waals surface area contributed by atoms with Gasteiger partial charge in [0.15, 0.2) is 5.69 Å². The Morgan fingerprint density at radius 3 is 3.25 bits per heavy atom. The van der Waals surface area contributed by atoms with E-state index in [1.54, 1.807) is 0 Å². The minimum absolute atomic E-state index is 0.611. The van der Waals surface area contributed by atoms with Crippen LogP contribution in [0.1, 0.15) is 17.0 Å². The fraction of sp³-hybridized carbons (Fsp3) is 0.500. The van der Waals surface area contributed by atoms with E-state index in [2.05, 4.69) is 11.2 Å². The average Bonchev–Trinajstić information content (AvgIpc) is 2.44. The summed E-state index contributed by atoms with van der Waals surface area (Å²) in [5.41, 5.74) is 3.00. The molecule has 0 N–H and O–H groups in total. The normalized spacial score (nSPS) is 15.3. The van der Waals surface area contributed by atoms with Crippen LogP contribution in [0.25, 0.3) is 0 Å². The Kier molecular flexibility index (Phi) is 1.81. The SMILES string of the molecule is Cn1nc(C#N)c2c1CCSC2. The summed E-state index contributed by atoms with van der Waals surface area (Å²) < 4.78 is 1.84. The van der Waals surface area contributed by atoms with E-state index >= 15 is 0 Å². The third-order valence-corrected chi connectivity index (χ3v) is 3.10. The molecule has 0 amide bonds. The first-order chi connectivity index (χ1) is 5.83. The number of fused-ring (bicyclic) bond motifs is 1. The van der Waals surface area contributed by atoms with Crippen LogP contribution in [0.5, 0.6) is 0 Å². The molecule has 12 heavy (non-hydrogen) atoms. The number of rotatable bonds is 0. The Balaban J connectivity index is 2.56. The summed E-state index contributed by atoms with van der Waals surface area (Å²) in [6, 6.07) is 2.13. The molecule has 0 aromatic carbocycles. The third kappa shape index (κ3) is 1.01. The molecule has 3 nitrogen and oxygen atoms in total. The van der Waals surface area contributed by atoms with Gasteiger partial charge < -0.3 is 0 Å². The summed E-state index contributed by atoms with van der Waals surface area (Å²) in [5, 5.41) is 12.9. The first-order valence-electron chi connectivity index (χ1n) is 3.85.